The van der Waals surface area contributed by atoms with Gasteiger partial charge in [0.1, 0.15) is 0 Å². The number of aliphatic hydroxyl groups is 1. The number of hydrogen-bond donors (Lipinski definition) is 2. The molecule has 1 aliphatic rings. The van der Waals surface area contributed by atoms with Gasteiger partial charge in [-0.1, -0.05) is 13.8 Å². The van der Waals surface area contributed by atoms with Crippen LogP contribution in [0.25, 0.3) is 0 Å². The lowest BCUT2D eigenvalue weighted by molar-refractivity contribution is 0.0723. The van der Waals surface area contributed by atoms with Crippen LogP contribution >= 0.6 is 0 Å². The second kappa shape index (κ2) is 6.69. The SMILES string of the molecule is CCN(CC)CC(O)CNC1(C)CCOC1C. The molecule has 1 heterocycles. The van der Waals surface area contributed by atoms with Crippen LogP contribution in [-0.2, 0) is 4.74 Å². The van der Waals surface area contributed by atoms with Crippen molar-refractivity contribution in [3.63, 3.8) is 0 Å². The summed E-state index contributed by atoms with van der Waals surface area (Å²) in [5, 5.41) is 13.5. The Morgan fingerprint density at radius 2 is 2.12 bits per heavy atom. The minimum Gasteiger partial charge on any atom is -0.390 e. The molecule has 3 unspecified atom stereocenters. The Kier molecular flexibility index (Phi) is 5.86. The van der Waals surface area contributed by atoms with E-state index in [2.05, 4.69) is 37.9 Å². The van der Waals surface area contributed by atoms with Crippen LogP contribution in [0.5, 0.6) is 0 Å². The van der Waals surface area contributed by atoms with E-state index in [0.29, 0.717) is 6.54 Å². The van der Waals surface area contributed by atoms with E-state index in [9.17, 15) is 5.11 Å². The lowest BCUT2D eigenvalue weighted by atomic mass is 9.94. The number of β-amino-alcohol motifs (C(OH)–C–C–N with tert-alkyl or cyclic N) is 1. The third-order valence-electron chi connectivity index (χ3n) is 3.99. The maximum absolute atomic E-state index is 10.00. The monoisotopic (exact) mass is 244 g/mol. The maximum Gasteiger partial charge on any atom is 0.0791 e. The van der Waals surface area contributed by atoms with Crippen LogP contribution in [0.1, 0.15) is 34.1 Å². The van der Waals surface area contributed by atoms with Gasteiger partial charge in [-0.2, -0.15) is 0 Å². The lowest BCUT2D eigenvalue weighted by Gasteiger charge is -2.31. The molecule has 0 aromatic carbocycles. The predicted molar refractivity (Wildman–Crippen MR) is 70.2 cm³/mol. The summed E-state index contributed by atoms with van der Waals surface area (Å²) in [6.45, 7) is 12.7. The first-order valence-corrected chi connectivity index (χ1v) is 6.79. The van der Waals surface area contributed by atoms with Crippen molar-refractivity contribution < 1.29 is 9.84 Å². The van der Waals surface area contributed by atoms with Crippen LogP contribution in [0.4, 0.5) is 0 Å². The fraction of sp³-hybridized carbons (Fsp3) is 1.00. The summed E-state index contributed by atoms with van der Waals surface area (Å²) in [5.41, 5.74) is 0.0181. The number of nitrogens with one attached hydrogen (secondary N) is 1. The van der Waals surface area contributed by atoms with Crippen molar-refractivity contribution in [1.82, 2.24) is 10.2 Å². The average Bonchev–Trinajstić information content (AvgIpc) is 2.64. The maximum atomic E-state index is 10.00. The quantitative estimate of drug-likeness (QED) is 0.697. The number of aliphatic hydroxyl groups excluding tert-OH is 1. The van der Waals surface area contributed by atoms with Crippen LogP contribution in [0.15, 0.2) is 0 Å². The molecule has 0 spiro atoms. The number of nitrogens with zero attached hydrogens (tertiary/aromatic N) is 1. The van der Waals surface area contributed by atoms with Crippen LogP contribution in [-0.4, -0.2) is 60.5 Å². The van der Waals surface area contributed by atoms with E-state index in [0.717, 1.165) is 32.7 Å². The highest BCUT2D eigenvalue weighted by Gasteiger charge is 2.36. The van der Waals surface area contributed by atoms with Crippen LogP contribution in [0.3, 0.4) is 0 Å². The molecular weight excluding hydrogens is 216 g/mol. The highest BCUT2D eigenvalue weighted by Crippen LogP contribution is 2.24. The molecule has 1 saturated heterocycles. The highest BCUT2D eigenvalue weighted by molar-refractivity contribution is 4.94. The zero-order valence-electron chi connectivity index (χ0n) is 11.7. The summed E-state index contributed by atoms with van der Waals surface area (Å²) in [7, 11) is 0. The van der Waals surface area contributed by atoms with Gasteiger partial charge in [-0.15, -0.1) is 0 Å². The van der Waals surface area contributed by atoms with Crippen molar-refractivity contribution in [3.05, 3.63) is 0 Å². The first kappa shape index (κ1) is 14.9. The molecule has 1 fully saturated rings. The third kappa shape index (κ3) is 4.21. The molecule has 0 aliphatic carbocycles. The summed E-state index contributed by atoms with van der Waals surface area (Å²) in [6, 6.07) is 0. The zero-order chi connectivity index (χ0) is 12.9. The van der Waals surface area contributed by atoms with Gasteiger partial charge in [-0.05, 0) is 33.4 Å². The van der Waals surface area contributed by atoms with Gasteiger partial charge in [0.2, 0.25) is 0 Å². The normalized spacial score (nSPS) is 31.1. The molecule has 0 amide bonds. The zero-order valence-corrected chi connectivity index (χ0v) is 11.7. The number of hydrogen-bond acceptors (Lipinski definition) is 4. The number of likely N-dealkylation sites (N-methyl/N-ethyl adjacent to an activating group) is 1. The van der Waals surface area contributed by atoms with Crippen LogP contribution in [0.2, 0.25) is 0 Å². The Balaban J connectivity index is 2.30. The van der Waals surface area contributed by atoms with Gasteiger partial charge in [-0.25, -0.2) is 0 Å². The van der Waals surface area contributed by atoms with Gasteiger partial charge in [0.15, 0.2) is 0 Å². The van der Waals surface area contributed by atoms with Crippen molar-refractivity contribution in [2.45, 2.75) is 51.9 Å². The molecule has 0 aromatic heterocycles. The average molecular weight is 244 g/mol. The molecule has 2 N–H and O–H groups in total. The summed E-state index contributed by atoms with van der Waals surface area (Å²) < 4.78 is 5.57. The van der Waals surface area contributed by atoms with Gasteiger partial charge in [0.25, 0.3) is 0 Å². The Morgan fingerprint density at radius 1 is 1.47 bits per heavy atom. The van der Waals surface area contributed by atoms with Gasteiger partial charge < -0.3 is 20.1 Å². The Labute approximate surface area is 105 Å². The number of rotatable bonds is 7. The van der Waals surface area contributed by atoms with Crippen molar-refractivity contribution in [2.24, 2.45) is 0 Å². The summed E-state index contributed by atoms with van der Waals surface area (Å²) in [5.74, 6) is 0. The van der Waals surface area contributed by atoms with E-state index in [1.807, 2.05) is 0 Å². The Morgan fingerprint density at radius 3 is 2.59 bits per heavy atom. The van der Waals surface area contributed by atoms with Crippen molar-refractivity contribution >= 4 is 0 Å². The standard InChI is InChI=1S/C13H28N2O2/c1-5-15(6-2)10-12(16)9-14-13(4)7-8-17-11(13)3/h11-12,14,16H,5-10H2,1-4H3. The second-order valence-corrected chi connectivity index (χ2v) is 5.20. The van der Waals surface area contributed by atoms with Gasteiger partial charge in [0, 0.05) is 25.2 Å². The molecular formula is C13H28N2O2. The summed E-state index contributed by atoms with van der Waals surface area (Å²) >= 11 is 0. The molecule has 3 atom stereocenters. The fourth-order valence-electron chi connectivity index (χ4n) is 2.26. The predicted octanol–water partition coefficient (Wildman–Crippen LogP) is 0.846. The molecule has 0 radical (unpaired) electrons. The molecule has 1 aliphatic heterocycles. The largest absolute Gasteiger partial charge is 0.390 e. The van der Waals surface area contributed by atoms with Gasteiger partial charge in [0.05, 0.1) is 12.2 Å². The summed E-state index contributed by atoms with van der Waals surface area (Å²) in [6.07, 6.45) is 0.939. The Hall–Kier alpha value is -0.160. The Bertz CT molecular complexity index is 221. The minimum absolute atomic E-state index is 0.0181. The van der Waals surface area contributed by atoms with E-state index in [4.69, 9.17) is 4.74 Å². The molecule has 102 valence electrons. The van der Waals surface area contributed by atoms with Gasteiger partial charge in [-0.3, -0.25) is 0 Å². The fourth-order valence-corrected chi connectivity index (χ4v) is 2.26. The minimum atomic E-state index is -0.306. The summed E-state index contributed by atoms with van der Waals surface area (Å²) in [4.78, 5) is 2.24. The molecule has 0 saturated carbocycles. The second-order valence-electron chi connectivity index (χ2n) is 5.20. The molecule has 0 bridgehead atoms. The van der Waals surface area contributed by atoms with Crippen LogP contribution < -0.4 is 5.32 Å². The van der Waals surface area contributed by atoms with E-state index in [1.165, 1.54) is 0 Å². The van der Waals surface area contributed by atoms with Gasteiger partial charge >= 0.3 is 0 Å². The van der Waals surface area contributed by atoms with E-state index in [1.54, 1.807) is 0 Å². The van der Waals surface area contributed by atoms with Crippen molar-refractivity contribution in [2.75, 3.05) is 32.8 Å². The smallest absolute Gasteiger partial charge is 0.0791 e. The van der Waals surface area contributed by atoms with E-state index >= 15 is 0 Å². The highest BCUT2D eigenvalue weighted by atomic mass is 16.5. The first-order valence-electron chi connectivity index (χ1n) is 6.79. The van der Waals surface area contributed by atoms with E-state index < -0.39 is 0 Å². The van der Waals surface area contributed by atoms with Crippen molar-refractivity contribution in [1.29, 1.82) is 0 Å². The topological polar surface area (TPSA) is 44.7 Å². The molecule has 4 nitrogen and oxygen atoms in total. The molecule has 0 aromatic rings. The number of ether oxygens (including phenoxy) is 1. The molecule has 1 rings (SSSR count). The molecule has 17 heavy (non-hydrogen) atoms. The van der Waals surface area contributed by atoms with E-state index in [-0.39, 0.29) is 17.7 Å². The molecule has 4 heteroatoms. The van der Waals surface area contributed by atoms with Crippen molar-refractivity contribution in [3.8, 4) is 0 Å². The lowest BCUT2D eigenvalue weighted by Crippen LogP contribution is -2.51. The van der Waals surface area contributed by atoms with Crippen LogP contribution in [0, 0.1) is 0 Å². The first-order chi connectivity index (χ1) is 8.01. The third-order valence-corrected chi connectivity index (χ3v) is 3.99.